The lowest BCUT2D eigenvalue weighted by Crippen LogP contribution is -2.12. The van der Waals surface area contributed by atoms with Crippen molar-refractivity contribution in [3.8, 4) is 10.8 Å². The van der Waals surface area contributed by atoms with Crippen LogP contribution >= 0.6 is 11.3 Å². The fourth-order valence-corrected chi connectivity index (χ4v) is 3.01. The Kier molecular flexibility index (Phi) is 4.34. The van der Waals surface area contributed by atoms with Gasteiger partial charge in [0, 0.05) is 17.4 Å². The van der Waals surface area contributed by atoms with Crippen molar-refractivity contribution in [1.29, 1.82) is 0 Å². The number of hydrogen-bond acceptors (Lipinski definition) is 5. The zero-order chi connectivity index (χ0) is 18.2. The van der Waals surface area contributed by atoms with Gasteiger partial charge in [0.05, 0.1) is 16.1 Å². The molecule has 0 bridgehead atoms. The lowest BCUT2D eigenvalue weighted by Gasteiger charge is -2.08. The lowest BCUT2D eigenvalue weighted by atomic mass is 10.1. The summed E-state index contributed by atoms with van der Waals surface area (Å²) < 4.78 is 43.0. The molecule has 0 aliphatic heterocycles. The van der Waals surface area contributed by atoms with E-state index in [1.54, 1.807) is 19.9 Å². The topological polar surface area (TPSA) is 68.0 Å². The Balaban J connectivity index is 1.78. The Morgan fingerprint density at radius 3 is 2.40 bits per heavy atom. The van der Waals surface area contributed by atoms with Crippen LogP contribution < -0.4 is 5.32 Å². The van der Waals surface area contributed by atoms with Gasteiger partial charge in [-0.1, -0.05) is 0 Å². The smallest absolute Gasteiger partial charge is 0.416 e. The number of halogens is 3. The van der Waals surface area contributed by atoms with Gasteiger partial charge in [-0.05, 0) is 37.3 Å². The predicted molar refractivity (Wildman–Crippen MR) is 86.5 cm³/mol. The highest BCUT2D eigenvalue weighted by molar-refractivity contribution is 7.15. The zero-order valence-electron chi connectivity index (χ0n) is 13.1. The normalized spacial score (nSPS) is 11.6. The maximum atomic E-state index is 12.6. The number of thiophene rings is 1. The Morgan fingerprint density at radius 2 is 1.84 bits per heavy atom. The Bertz CT molecular complexity index is 914. The number of alkyl halides is 3. The number of anilines is 1. The van der Waals surface area contributed by atoms with Gasteiger partial charge in [0.25, 0.3) is 11.8 Å². The minimum atomic E-state index is -4.43. The molecular formula is C16H12F3N3O2S. The molecule has 0 saturated carbocycles. The van der Waals surface area contributed by atoms with Crippen LogP contribution in [0, 0.1) is 13.8 Å². The van der Waals surface area contributed by atoms with E-state index in [0.29, 0.717) is 22.3 Å². The summed E-state index contributed by atoms with van der Waals surface area (Å²) in [5, 5.41) is 10.3. The van der Waals surface area contributed by atoms with Crippen molar-refractivity contribution in [3.05, 3.63) is 52.2 Å². The van der Waals surface area contributed by atoms with E-state index in [0.717, 1.165) is 29.1 Å². The lowest BCUT2D eigenvalue weighted by molar-refractivity contribution is -0.137. The number of amides is 1. The van der Waals surface area contributed by atoms with Gasteiger partial charge in [0.1, 0.15) is 0 Å². The number of nitrogens with one attached hydrogen (secondary N) is 1. The summed E-state index contributed by atoms with van der Waals surface area (Å²) in [4.78, 5) is 13.7. The number of rotatable bonds is 3. The van der Waals surface area contributed by atoms with Crippen LogP contribution in [0.5, 0.6) is 0 Å². The summed E-state index contributed by atoms with van der Waals surface area (Å²) in [6.45, 7) is 3.48. The quantitative estimate of drug-likeness (QED) is 0.729. The second kappa shape index (κ2) is 6.32. The Labute approximate surface area is 144 Å². The molecule has 0 fully saturated rings. The van der Waals surface area contributed by atoms with Crippen LogP contribution in [0.2, 0.25) is 0 Å². The van der Waals surface area contributed by atoms with Crippen LogP contribution in [-0.2, 0) is 6.18 Å². The first kappa shape index (κ1) is 17.2. The highest BCUT2D eigenvalue weighted by atomic mass is 32.1. The van der Waals surface area contributed by atoms with E-state index in [4.69, 9.17) is 4.42 Å². The van der Waals surface area contributed by atoms with E-state index in [1.165, 1.54) is 11.3 Å². The molecule has 1 amide bonds. The number of benzene rings is 1. The maximum absolute atomic E-state index is 12.6. The van der Waals surface area contributed by atoms with Crippen LogP contribution in [0.4, 0.5) is 18.9 Å². The second-order valence-corrected chi connectivity index (χ2v) is 6.49. The SMILES string of the molecule is Cc1nnc(-c2cc(NC(=O)c3ccc(C(F)(F)F)cc3)c(C)s2)o1. The molecule has 5 nitrogen and oxygen atoms in total. The van der Waals surface area contributed by atoms with Crippen molar-refractivity contribution in [2.45, 2.75) is 20.0 Å². The summed E-state index contributed by atoms with van der Waals surface area (Å²) in [5.41, 5.74) is -0.126. The third-order valence-corrected chi connectivity index (χ3v) is 4.42. The van der Waals surface area contributed by atoms with Crippen molar-refractivity contribution in [1.82, 2.24) is 10.2 Å². The summed E-state index contributed by atoms with van der Waals surface area (Å²) in [5.74, 6) is 0.278. The van der Waals surface area contributed by atoms with Crippen LogP contribution in [0.15, 0.2) is 34.7 Å². The molecule has 2 aromatic heterocycles. The minimum Gasteiger partial charge on any atom is -0.420 e. The molecule has 0 saturated heterocycles. The number of carbonyl (C=O) groups excluding carboxylic acids is 1. The van der Waals surface area contributed by atoms with E-state index in [1.807, 2.05) is 0 Å². The van der Waals surface area contributed by atoms with Gasteiger partial charge in [-0.2, -0.15) is 13.2 Å². The third kappa shape index (κ3) is 3.71. The summed E-state index contributed by atoms with van der Waals surface area (Å²) >= 11 is 1.36. The highest BCUT2D eigenvalue weighted by Crippen LogP contribution is 2.34. The standard InChI is InChI=1S/C16H12F3N3O2S/c1-8-12(7-13(25-8)15-22-21-9(2)24-15)20-14(23)10-3-5-11(6-4-10)16(17,18)19/h3-7H,1-2H3,(H,20,23). The van der Waals surface area contributed by atoms with Crippen molar-refractivity contribution in [2.75, 3.05) is 5.32 Å². The average molecular weight is 367 g/mol. The van der Waals surface area contributed by atoms with E-state index in [-0.39, 0.29) is 5.56 Å². The molecule has 130 valence electrons. The van der Waals surface area contributed by atoms with Crippen molar-refractivity contribution in [3.63, 3.8) is 0 Å². The van der Waals surface area contributed by atoms with Gasteiger partial charge in [-0.25, -0.2) is 0 Å². The fourth-order valence-electron chi connectivity index (χ4n) is 2.11. The molecule has 3 rings (SSSR count). The molecular weight excluding hydrogens is 355 g/mol. The molecule has 0 atom stereocenters. The summed E-state index contributed by atoms with van der Waals surface area (Å²) in [6, 6.07) is 5.73. The van der Waals surface area contributed by atoms with Crippen LogP contribution in [-0.4, -0.2) is 16.1 Å². The number of aryl methyl sites for hydroxylation is 2. The second-order valence-electron chi connectivity index (χ2n) is 5.24. The molecule has 25 heavy (non-hydrogen) atoms. The monoisotopic (exact) mass is 367 g/mol. The predicted octanol–water partition coefficient (Wildman–Crippen LogP) is 4.69. The maximum Gasteiger partial charge on any atom is 0.416 e. The number of nitrogens with zero attached hydrogens (tertiary/aromatic N) is 2. The molecule has 0 spiro atoms. The first-order valence-electron chi connectivity index (χ1n) is 7.13. The van der Waals surface area contributed by atoms with Gasteiger partial charge < -0.3 is 9.73 Å². The highest BCUT2D eigenvalue weighted by Gasteiger charge is 2.30. The summed E-state index contributed by atoms with van der Waals surface area (Å²) in [6.07, 6.45) is -4.43. The zero-order valence-corrected chi connectivity index (χ0v) is 14.0. The van der Waals surface area contributed by atoms with Crippen molar-refractivity contribution >= 4 is 22.9 Å². The molecule has 3 aromatic rings. The molecule has 1 aromatic carbocycles. The van der Waals surface area contributed by atoms with Gasteiger partial charge >= 0.3 is 6.18 Å². The third-order valence-electron chi connectivity index (χ3n) is 3.38. The molecule has 9 heteroatoms. The van der Waals surface area contributed by atoms with E-state index in [9.17, 15) is 18.0 Å². The van der Waals surface area contributed by atoms with E-state index < -0.39 is 17.6 Å². The van der Waals surface area contributed by atoms with Gasteiger partial charge in [0.2, 0.25) is 5.89 Å². The molecule has 2 heterocycles. The van der Waals surface area contributed by atoms with Crippen LogP contribution in [0.1, 0.15) is 26.7 Å². The number of hydrogen-bond donors (Lipinski definition) is 1. The molecule has 0 unspecified atom stereocenters. The van der Waals surface area contributed by atoms with E-state index >= 15 is 0 Å². The van der Waals surface area contributed by atoms with E-state index in [2.05, 4.69) is 15.5 Å². The Hall–Kier alpha value is -2.68. The first-order valence-corrected chi connectivity index (χ1v) is 7.95. The van der Waals surface area contributed by atoms with Crippen LogP contribution in [0.3, 0.4) is 0 Å². The largest absolute Gasteiger partial charge is 0.420 e. The molecule has 1 N–H and O–H groups in total. The number of carbonyl (C=O) groups is 1. The average Bonchev–Trinajstić information content (AvgIpc) is 3.13. The molecule has 0 aliphatic rings. The van der Waals surface area contributed by atoms with Crippen LogP contribution in [0.25, 0.3) is 10.8 Å². The fraction of sp³-hybridized carbons (Fsp3) is 0.188. The van der Waals surface area contributed by atoms with Gasteiger partial charge in [-0.15, -0.1) is 21.5 Å². The van der Waals surface area contributed by atoms with Gasteiger partial charge in [-0.3, -0.25) is 4.79 Å². The molecule has 0 aliphatic carbocycles. The van der Waals surface area contributed by atoms with Crippen molar-refractivity contribution in [2.24, 2.45) is 0 Å². The number of aromatic nitrogens is 2. The van der Waals surface area contributed by atoms with Crippen molar-refractivity contribution < 1.29 is 22.4 Å². The minimum absolute atomic E-state index is 0.133. The Morgan fingerprint density at radius 1 is 1.16 bits per heavy atom. The summed E-state index contributed by atoms with van der Waals surface area (Å²) in [7, 11) is 0. The van der Waals surface area contributed by atoms with Gasteiger partial charge in [0.15, 0.2) is 0 Å². The first-order chi connectivity index (χ1) is 11.7. The molecule has 0 radical (unpaired) electrons.